The van der Waals surface area contributed by atoms with Crippen LogP contribution in [0, 0.1) is 17.8 Å². The van der Waals surface area contributed by atoms with Gasteiger partial charge in [-0.2, -0.15) is 0 Å². The van der Waals surface area contributed by atoms with Crippen LogP contribution in [0.15, 0.2) is 0 Å². The summed E-state index contributed by atoms with van der Waals surface area (Å²) in [5, 5.41) is 6.30. The third-order valence-corrected chi connectivity index (χ3v) is 5.64. The first-order valence-corrected chi connectivity index (χ1v) is 7.91. The van der Waals surface area contributed by atoms with E-state index in [0.717, 1.165) is 37.2 Å². The van der Waals surface area contributed by atoms with E-state index in [9.17, 15) is 4.79 Å². The predicted molar refractivity (Wildman–Crippen MR) is 71.5 cm³/mol. The van der Waals surface area contributed by atoms with E-state index in [1.54, 1.807) is 0 Å². The molecule has 5 aliphatic rings. The zero-order valence-corrected chi connectivity index (χ0v) is 11.5. The second kappa shape index (κ2) is 4.37. The first-order chi connectivity index (χ1) is 9.21. The van der Waals surface area contributed by atoms with Gasteiger partial charge in [-0.15, -0.1) is 0 Å². The molecule has 2 N–H and O–H groups in total. The molecule has 106 valence electrons. The van der Waals surface area contributed by atoms with Crippen molar-refractivity contribution in [3.63, 3.8) is 0 Å². The minimum atomic E-state index is -0.0612. The van der Waals surface area contributed by atoms with Crippen LogP contribution in [-0.2, 0) is 4.74 Å². The first-order valence-electron chi connectivity index (χ1n) is 7.91. The molecular formula is C15H24N2O2. The zero-order chi connectivity index (χ0) is 12.9. The lowest BCUT2D eigenvalue weighted by Crippen LogP contribution is -2.62. The normalized spacial score (nSPS) is 47.4. The molecule has 5 fully saturated rings. The summed E-state index contributed by atoms with van der Waals surface area (Å²) < 4.78 is 5.47. The molecule has 0 aromatic heterocycles. The standard InChI is InChI=1S/C15H24N2O2/c18-14(16-13-2-1-3-19-13)17-15-7-10-4-11(8-15)6-12(5-10)9-15/h10-13H,1-9H2,(H2,16,17,18). The Kier molecular flexibility index (Phi) is 2.76. The van der Waals surface area contributed by atoms with Crippen molar-refractivity contribution in [3.8, 4) is 0 Å². The van der Waals surface area contributed by atoms with E-state index in [2.05, 4.69) is 10.6 Å². The molecule has 4 bridgehead atoms. The molecule has 2 amide bonds. The van der Waals surface area contributed by atoms with Crippen LogP contribution >= 0.6 is 0 Å². The summed E-state index contributed by atoms with van der Waals surface area (Å²) in [6.07, 6.45) is 9.80. The fourth-order valence-corrected chi connectivity index (χ4v) is 5.38. The van der Waals surface area contributed by atoms with Crippen LogP contribution < -0.4 is 10.6 Å². The molecule has 0 spiro atoms. The van der Waals surface area contributed by atoms with Crippen molar-refractivity contribution in [1.29, 1.82) is 0 Å². The number of hydrogen-bond donors (Lipinski definition) is 2. The second-order valence-corrected chi connectivity index (χ2v) is 7.30. The van der Waals surface area contributed by atoms with Crippen LogP contribution in [0.2, 0.25) is 0 Å². The van der Waals surface area contributed by atoms with E-state index in [-0.39, 0.29) is 17.8 Å². The van der Waals surface area contributed by atoms with Gasteiger partial charge in [0, 0.05) is 12.1 Å². The van der Waals surface area contributed by atoms with Gasteiger partial charge in [-0.05, 0) is 69.1 Å². The highest BCUT2D eigenvalue weighted by Crippen LogP contribution is 2.55. The molecule has 1 unspecified atom stereocenters. The van der Waals surface area contributed by atoms with Crippen LogP contribution in [-0.4, -0.2) is 24.4 Å². The maximum atomic E-state index is 12.2. The van der Waals surface area contributed by atoms with Crippen LogP contribution in [0.5, 0.6) is 0 Å². The summed E-state index contributed by atoms with van der Waals surface area (Å²) in [4.78, 5) is 12.2. The van der Waals surface area contributed by atoms with E-state index in [1.807, 2.05) is 0 Å². The monoisotopic (exact) mass is 264 g/mol. The van der Waals surface area contributed by atoms with Gasteiger partial charge in [0.1, 0.15) is 6.23 Å². The predicted octanol–water partition coefficient (Wildman–Crippen LogP) is 2.39. The molecule has 19 heavy (non-hydrogen) atoms. The van der Waals surface area contributed by atoms with Crippen molar-refractivity contribution in [1.82, 2.24) is 10.6 Å². The molecule has 0 aromatic rings. The smallest absolute Gasteiger partial charge is 0.317 e. The number of carbonyl (C=O) groups excluding carboxylic acids is 1. The van der Waals surface area contributed by atoms with Crippen molar-refractivity contribution in [3.05, 3.63) is 0 Å². The molecule has 4 heteroatoms. The van der Waals surface area contributed by atoms with Gasteiger partial charge in [0.25, 0.3) is 0 Å². The van der Waals surface area contributed by atoms with Gasteiger partial charge < -0.3 is 15.4 Å². The van der Waals surface area contributed by atoms with Gasteiger partial charge >= 0.3 is 6.03 Å². The van der Waals surface area contributed by atoms with E-state index >= 15 is 0 Å². The molecule has 4 nitrogen and oxygen atoms in total. The molecule has 4 saturated carbocycles. The topological polar surface area (TPSA) is 50.4 Å². The third kappa shape index (κ3) is 2.24. The van der Waals surface area contributed by atoms with Gasteiger partial charge in [0.15, 0.2) is 0 Å². The fourth-order valence-electron chi connectivity index (χ4n) is 5.38. The van der Waals surface area contributed by atoms with E-state index < -0.39 is 0 Å². The second-order valence-electron chi connectivity index (χ2n) is 7.30. The van der Waals surface area contributed by atoms with Crippen molar-refractivity contribution in [2.75, 3.05) is 6.61 Å². The minimum absolute atomic E-state index is 0.00569. The van der Waals surface area contributed by atoms with Crippen LogP contribution in [0.25, 0.3) is 0 Å². The Bertz CT molecular complexity index is 341. The number of nitrogens with one attached hydrogen (secondary N) is 2. The molecule has 1 aliphatic heterocycles. The van der Waals surface area contributed by atoms with Gasteiger partial charge in [0.2, 0.25) is 0 Å². The van der Waals surface area contributed by atoms with Crippen molar-refractivity contribution in [2.45, 2.75) is 63.1 Å². The van der Waals surface area contributed by atoms with Gasteiger partial charge in [-0.25, -0.2) is 4.79 Å². The number of rotatable bonds is 2. The number of urea groups is 1. The Morgan fingerprint density at radius 3 is 2.21 bits per heavy atom. The minimum Gasteiger partial charge on any atom is -0.358 e. The molecule has 0 aromatic carbocycles. The number of hydrogen-bond acceptors (Lipinski definition) is 2. The highest BCUT2D eigenvalue weighted by atomic mass is 16.5. The Hall–Kier alpha value is -0.770. The molecular weight excluding hydrogens is 240 g/mol. The van der Waals surface area contributed by atoms with Crippen molar-refractivity contribution >= 4 is 6.03 Å². The number of amides is 2. The van der Waals surface area contributed by atoms with E-state index in [4.69, 9.17) is 4.74 Å². The lowest BCUT2D eigenvalue weighted by atomic mass is 9.53. The van der Waals surface area contributed by atoms with Crippen LogP contribution in [0.1, 0.15) is 51.4 Å². The van der Waals surface area contributed by atoms with Gasteiger partial charge in [-0.1, -0.05) is 0 Å². The van der Waals surface area contributed by atoms with Crippen molar-refractivity contribution < 1.29 is 9.53 Å². The summed E-state index contributed by atoms with van der Waals surface area (Å²) >= 11 is 0. The molecule has 4 aliphatic carbocycles. The van der Waals surface area contributed by atoms with Crippen LogP contribution in [0.3, 0.4) is 0 Å². The maximum absolute atomic E-state index is 12.2. The molecule has 1 atom stereocenters. The summed E-state index contributed by atoms with van der Waals surface area (Å²) in [6, 6.07) is -0.00569. The summed E-state index contributed by atoms with van der Waals surface area (Å²) in [7, 11) is 0. The van der Waals surface area contributed by atoms with Gasteiger partial charge in [-0.3, -0.25) is 0 Å². The Labute approximate surface area is 114 Å². The molecule has 5 rings (SSSR count). The average Bonchev–Trinajstić information content (AvgIpc) is 2.78. The summed E-state index contributed by atoms with van der Waals surface area (Å²) in [5.74, 6) is 2.61. The lowest BCUT2D eigenvalue weighted by molar-refractivity contribution is -0.0147. The zero-order valence-electron chi connectivity index (χ0n) is 11.5. The van der Waals surface area contributed by atoms with E-state index in [0.29, 0.717) is 0 Å². The fraction of sp³-hybridized carbons (Fsp3) is 0.933. The van der Waals surface area contributed by atoms with Gasteiger partial charge in [0.05, 0.1) is 0 Å². The molecule has 0 radical (unpaired) electrons. The Morgan fingerprint density at radius 1 is 1.05 bits per heavy atom. The number of carbonyl (C=O) groups is 1. The molecule has 1 heterocycles. The summed E-state index contributed by atoms with van der Waals surface area (Å²) in [5.41, 5.74) is 0.109. The lowest BCUT2D eigenvalue weighted by Gasteiger charge is -2.56. The highest BCUT2D eigenvalue weighted by molar-refractivity contribution is 5.75. The highest BCUT2D eigenvalue weighted by Gasteiger charge is 2.51. The maximum Gasteiger partial charge on any atom is 0.317 e. The largest absolute Gasteiger partial charge is 0.358 e. The first kappa shape index (κ1) is 12.0. The SMILES string of the molecule is O=C(NC1CCCO1)NC12CC3CC(CC(C3)C1)C2. The number of ether oxygens (including phenoxy) is 1. The molecule has 1 saturated heterocycles. The van der Waals surface area contributed by atoms with Crippen LogP contribution in [0.4, 0.5) is 4.79 Å². The third-order valence-electron chi connectivity index (χ3n) is 5.64. The van der Waals surface area contributed by atoms with E-state index in [1.165, 1.54) is 38.5 Å². The average molecular weight is 264 g/mol. The quantitative estimate of drug-likeness (QED) is 0.804. The Balaban J connectivity index is 1.40. The Morgan fingerprint density at radius 2 is 1.68 bits per heavy atom. The summed E-state index contributed by atoms with van der Waals surface area (Å²) in [6.45, 7) is 0.780. The van der Waals surface area contributed by atoms with Crippen molar-refractivity contribution in [2.24, 2.45) is 17.8 Å².